The van der Waals surface area contributed by atoms with Crippen LogP contribution < -0.4 is 0 Å². The molecule has 16 atom stereocenters. The molecule has 52 heavy (non-hydrogen) atoms. The van der Waals surface area contributed by atoms with E-state index in [1.54, 1.807) is 0 Å². The first-order valence-electron chi connectivity index (χ1n) is 20.7. The lowest BCUT2D eigenvalue weighted by atomic mass is 9.57. The van der Waals surface area contributed by atoms with Crippen molar-refractivity contribution < 1.29 is 48.0 Å². The minimum absolute atomic E-state index is 0.0440. The van der Waals surface area contributed by atoms with E-state index in [1.807, 2.05) is 13.8 Å². The van der Waals surface area contributed by atoms with E-state index in [0.717, 1.165) is 62.5 Å². The summed E-state index contributed by atoms with van der Waals surface area (Å²) < 4.78 is 39.3. The first-order valence-corrected chi connectivity index (χ1v) is 20.7. The third-order valence-electron chi connectivity index (χ3n) is 15.3. The zero-order chi connectivity index (χ0) is 35.9. The number of hydrogen-bond acceptors (Lipinski definition) is 10. The molecule has 0 N–H and O–H groups in total. The normalized spacial score (nSPS) is 50.6. The smallest absolute Gasteiger partial charge is 0.201 e. The van der Waals surface area contributed by atoms with E-state index in [0.29, 0.717) is 73.8 Å². The molecule has 1 aromatic rings. The van der Waals surface area contributed by atoms with Crippen LogP contribution >= 0.6 is 0 Å². The monoisotopic (exact) mass is 726 g/mol. The van der Waals surface area contributed by atoms with Crippen LogP contribution in [0.3, 0.4) is 0 Å². The lowest BCUT2D eigenvalue weighted by molar-refractivity contribution is -0.571. The number of ether oxygens (including phenoxy) is 6. The summed E-state index contributed by atoms with van der Waals surface area (Å²) >= 11 is 0. The van der Waals surface area contributed by atoms with Gasteiger partial charge in [-0.1, -0.05) is 52.0 Å². The average molecular weight is 727 g/mol. The molecular formula is C42H62O10. The van der Waals surface area contributed by atoms with Crippen LogP contribution in [-0.2, 0) is 61.2 Å². The van der Waals surface area contributed by atoms with Gasteiger partial charge in [0.05, 0.1) is 25.4 Å². The van der Waals surface area contributed by atoms with Crippen LogP contribution in [0.5, 0.6) is 0 Å². The average Bonchev–Trinajstić information content (AvgIpc) is 3.51. The van der Waals surface area contributed by atoms with Crippen molar-refractivity contribution in [3.8, 4) is 0 Å². The predicted molar refractivity (Wildman–Crippen MR) is 189 cm³/mol. The van der Waals surface area contributed by atoms with Gasteiger partial charge < -0.3 is 28.4 Å². The Labute approximate surface area is 310 Å². The van der Waals surface area contributed by atoms with Crippen molar-refractivity contribution >= 4 is 0 Å². The van der Waals surface area contributed by atoms with E-state index in [-0.39, 0.29) is 12.2 Å². The highest BCUT2D eigenvalue weighted by molar-refractivity contribution is 5.26. The Kier molecular flexibility index (Phi) is 9.66. The fourth-order valence-electron chi connectivity index (χ4n) is 12.2. The summed E-state index contributed by atoms with van der Waals surface area (Å²) in [5.74, 6) is 1.70. The minimum atomic E-state index is -0.751. The van der Waals surface area contributed by atoms with Gasteiger partial charge in [-0.25, -0.2) is 19.6 Å². The third-order valence-corrected chi connectivity index (χ3v) is 15.3. The molecule has 10 fully saturated rings. The zero-order valence-corrected chi connectivity index (χ0v) is 32.2. The molecular weight excluding hydrogens is 664 g/mol. The first kappa shape index (κ1) is 36.5. The summed E-state index contributed by atoms with van der Waals surface area (Å²) in [7, 11) is 0. The third kappa shape index (κ3) is 5.88. The van der Waals surface area contributed by atoms with Crippen molar-refractivity contribution in [2.45, 2.75) is 167 Å². The molecule has 0 radical (unpaired) electrons. The molecule has 8 saturated heterocycles. The Hall–Kier alpha value is -1.18. The summed E-state index contributed by atoms with van der Waals surface area (Å²) in [4.78, 5) is 24.6. The maximum Gasteiger partial charge on any atom is 0.201 e. The fraction of sp³-hybridized carbons (Fsp3) is 0.857. The van der Waals surface area contributed by atoms with Crippen molar-refractivity contribution in [3.05, 3.63) is 35.4 Å². The van der Waals surface area contributed by atoms with Crippen molar-refractivity contribution in [1.82, 2.24) is 0 Å². The summed E-state index contributed by atoms with van der Waals surface area (Å²) in [6.07, 6.45) is 9.29. The lowest BCUT2D eigenvalue weighted by Gasteiger charge is -2.60. The standard InChI is InChI=1S/C42H62O10/c1-25-11-13-33-27(3)35(45-37-41(33)31(25)15-19-39(5,47-37)49-51-41)17-21-43-23-29-9-7-8-10-30(29)24-44-22-18-36-28(4)34-14-12-26(2)32-16-20-40(6)48-38(46-36)42(32,34)52-50-40/h7-10,25-28,31-38H,11-24H2,1-6H3/t25-,26-,27-,28-,31+,32+,33+,34+,35?,36?,37+,38+,39-,40-,41-,42-/m1/s1. The molecule has 1 aromatic carbocycles. The van der Waals surface area contributed by atoms with E-state index >= 15 is 0 Å². The number of benzene rings is 1. The molecule has 8 heterocycles. The Morgan fingerprint density at radius 3 is 1.46 bits per heavy atom. The molecule has 4 bridgehead atoms. The SMILES string of the molecule is C[C@@H]1CC[C@H]2[C@@H](C)C(CCOCc3ccccc3COCCC3O[C@H]4O[C@@]5(C)CC[C@H]6[C@H](C)CC[C@@H]([C@H]3C)[C@@]46OO5)O[C@H]3O[C@@]4(C)CC[C@@H]1[C@]32OO4. The maximum atomic E-state index is 6.78. The lowest BCUT2D eigenvalue weighted by Crippen LogP contribution is -2.70. The van der Waals surface area contributed by atoms with Gasteiger partial charge in [0, 0.05) is 37.9 Å². The molecule has 10 nitrogen and oxygen atoms in total. The van der Waals surface area contributed by atoms with Crippen LogP contribution in [-0.4, -0.2) is 60.8 Å². The quantitative estimate of drug-likeness (QED) is 0.175. The second-order valence-corrected chi connectivity index (χ2v) is 18.3. The molecule has 10 aliphatic rings. The summed E-state index contributed by atoms with van der Waals surface area (Å²) in [5.41, 5.74) is 1.28. The van der Waals surface area contributed by atoms with Crippen LogP contribution in [0.25, 0.3) is 0 Å². The zero-order valence-electron chi connectivity index (χ0n) is 32.2. The molecule has 0 aromatic heterocycles. The summed E-state index contributed by atoms with van der Waals surface area (Å²) in [6.45, 7) is 15.6. The molecule has 2 aliphatic carbocycles. The Balaban J connectivity index is 0.777. The van der Waals surface area contributed by atoms with Gasteiger partial charge in [-0.3, -0.25) is 0 Å². The van der Waals surface area contributed by atoms with Gasteiger partial charge in [-0.2, -0.15) is 0 Å². The van der Waals surface area contributed by atoms with Crippen LogP contribution in [0.15, 0.2) is 24.3 Å². The van der Waals surface area contributed by atoms with E-state index in [1.165, 1.54) is 12.8 Å². The van der Waals surface area contributed by atoms with Gasteiger partial charge in [0.25, 0.3) is 0 Å². The number of rotatable bonds is 10. The predicted octanol–water partition coefficient (Wildman–Crippen LogP) is 8.00. The van der Waals surface area contributed by atoms with E-state index in [4.69, 9.17) is 48.0 Å². The molecule has 10 heteroatoms. The number of fused-ring (bicyclic) bond motifs is 4. The van der Waals surface area contributed by atoms with Gasteiger partial charge >= 0.3 is 0 Å². The summed E-state index contributed by atoms with van der Waals surface area (Å²) in [6, 6.07) is 8.45. The van der Waals surface area contributed by atoms with Crippen LogP contribution in [0.1, 0.15) is 117 Å². The van der Waals surface area contributed by atoms with Crippen LogP contribution in [0, 0.1) is 47.3 Å². The van der Waals surface area contributed by atoms with Crippen molar-refractivity contribution in [2.24, 2.45) is 47.3 Å². The number of hydrogen-bond donors (Lipinski definition) is 0. The van der Waals surface area contributed by atoms with Gasteiger partial charge in [0.1, 0.15) is 0 Å². The Morgan fingerprint density at radius 1 is 0.577 bits per heavy atom. The van der Waals surface area contributed by atoms with E-state index < -0.39 is 35.4 Å². The van der Waals surface area contributed by atoms with Gasteiger partial charge in [0.15, 0.2) is 23.8 Å². The second-order valence-electron chi connectivity index (χ2n) is 18.3. The molecule has 2 unspecified atom stereocenters. The van der Waals surface area contributed by atoms with E-state index in [2.05, 4.69) is 52.0 Å². The molecule has 290 valence electrons. The van der Waals surface area contributed by atoms with E-state index in [9.17, 15) is 0 Å². The Morgan fingerprint density at radius 2 is 1.02 bits per heavy atom. The van der Waals surface area contributed by atoms with Crippen molar-refractivity contribution in [1.29, 1.82) is 0 Å². The van der Waals surface area contributed by atoms with Crippen LogP contribution in [0.4, 0.5) is 0 Å². The maximum absolute atomic E-state index is 6.78. The highest BCUT2D eigenvalue weighted by Crippen LogP contribution is 2.62. The molecule has 8 aliphatic heterocycles. The molecule has 11 rings (SSSR count). The summed E-state index contributed by atoms with van der Waals surface area (Å²) in [5, 5.41) is 0. The minimum Gasteiger partial charge on any atom is -0.377 e. The van der Waals surface area contributed by atoms with Gasteiger partial charge in [-0.05, 0) is 112 Å². The molecule has 0 amide bonds. The van der Waals surface area contributed by atoms with Gasteiger partial charge in [0.2, 0.25) is 11.6 Å². The van der Waals surface area contributed by atoms with Crippen molar-refractivity contribution in [3.63, 3.8) is 0 Å². The largest absolute Gasteiger partial charge is 0.377 e. The highest BCUT2D eigenvalue weighted by Gasteiger charge is 2.70. The van der Waals surface area contributed by atoms with Gasteiger partial charge in [-0.15, -0.1) is 0 Å². The molecule has 2 spiro atoms. The topological polar surface area (TPSA) is 92.3 Å². The fourth-order valence-corrected chi connectivity index (χ4v) is 12.2. The molecule has 2 saturated carbocycles. The van der Waals surface area contributed by atoms with Crippen molar-refractivity contribution in [2.75, 3.05) is 13.2 Å². The second kappa shape index (κ2) is 13.8. The Bertz CT molecular complexity index is 1340. The highest BCUT2D eigenvalue weighted by atomic mass is 17.3. The first-order chi connectivity index (χ1) is 25.1. The van der Waals surface area contributed by atoms with Crippen LogP contribution in [0.2, 0.25) is 0 Å².